The molecule has 0 aliphatic carbocycles. The predicted molar refractivity (Wildman–Crippen MR) is 116 cm³/mol. The number of amides is 1. The zero-order chi connectivity index (χ0) is 20.7. The summed E-state index contributed by atoms with van der Waals surface area (Å²) in [4.78, 5) is 12.0. The molecule has 8 heteroatoms. The van der Waals surface area contributed by atoms with Crippen molar-refractivity contribution >= 4 is 44.0 Å². The van der Waals surface area contributed by atoms with Gasteiger partial charge in [-0.2, -0.15) is 5.10 Å². The number of nitrogens with one attached hydrogen (secondary N) is 1. The lowest BCUT2D eigenvalue weighted by Gasteiger charge is -2.14. The normalized spacial score (nSPS) is 11.1. The largest absolute Gasteiger partial charge is 0.503 e. The summed E-state index contributed by atoms with van der Waals surface area (Å²) in [6, 6.07) is 8.98. The Hall–Kier alpha value is -2.06. The minimum Gasteiger partial charge on any atom is -0.503 e. The molecule has 0 aromatic heterocycles. The summed E-state index contributed by atoms with van der Waals surface area (Å²) in [5.41, 5.74) is 4.10. The average Bonchev–Trinajstić information content (AvgIpc) is 2.64. The molecule has 0 aliphatic heterocycles. The number of rotatable bonds is 8. The molecule has 2 aromatic carbocycles. The molecule has 0 heterocycles. The van der Waals surface area contributed by atoms with Gasteiger partial charge in [0.15, 0.2) is 18.1 Å². The maximum absolute atomic E-state index is 12.0. The molecule has 150 valence electrons. The van der Waals surface area contributed by atoms with E-state index in [1.807, 2.05) is 25.1 Å². The van der Waals surface area contributed by atoms with Crippen LogP contribution in [0.25, 0.3) is 0 Å². The number of ether oxygens (including phenoxy) is 2. The van der Waals surface area contributed by atoms with E-state index in [1.165, 1.54) is 6.21 Å². The lowest BCUT2D eigenvalue weighted by molar-refractivity contribution is -0.123. The van der Waals surface area contributed by atoms with Gasteiger partial charge in [-0.1, -0.05) is 29.8 Å². The van der Waals surface area contributed by atoms with Crippen LogP contribution in [0.5, 0.6) is 17.2 Å². The third-order valence-corrected chi connectivity index (χ3v) is 4.80. The molecule has 0 saturated carbocycles. The summed E-state index contributed by atoms with van der Waals surface area (Å²) in [6.07, 6.45) is 1.46. The van der Waals surface area contributed by atoms with Crippen molar-refractivity contribution < 1.29 is 19.4 Å². The van der Waals surface area contributed by atoms with E-state index in [-0.39, 0.29) is 24.2 Å². The highest BCUT2D eigenvalue weighted by molar-refractivity contribution is 9.10. The SMILES string of the molecule is CCOc1cc(/C=N/NC(=O)COc2ccc(Br)cc2C(C)C)cc(Br)c1O. The monoisotopic (exact) mass is 512 g/mol. The average molecular weight is 514 g/mol. The molecule has 6 nitrogen and oxygen atoms in total. The molecule has 0 aliphatic rings. The Morgan fingerprint density at radius 1 is 1.21 bits per heavy atom. The van der Waals surface area contributed by atoms with Crippen LogP contribution in [-0.2, 0) is 4.79 Å². The van der Waals surface area contributed by atoms with Gasteiger partial charge < -0.3 is 14.6 Å². The van der Waals surface area contributed by atoms with Crippen molar-refractivity contribution in [2.75, 3.05) is 13.2 Å². The van der Waals surface area contributed by atoms with E-state index in [9.17, 15) is 9.90 Å². The first-order chi connectivity index (χ1) is 13.3. The Morgan fingerprint density at radius 2 is 1.96 bits per heavy atom. The molecule has 0 spiro atoms. The summed E-state index contributed by atoms with van der Waals surface area (Å²) in [7, 11) is 0. The second-order valence-corrected chi connectivity index (χ2v) is 7.97. The Bertz CT molecular complexity index is 870. The second kappa shape index (κ2) is 10.5. The van der Waals surface area contributed by atoms with E-state index in [1.54, 1.807) is 12.1 Å². The first-order valence-corrected chi connectivity index (χ1v) is 10.3. The fourth-order valence-corrected chi connectivity index (χ4v) is 3.23. The van der Waals surface area contributed by atoms with Crippen molar-refractivity contribution in [2.45, 2.75) is 26.7 Å². The molecule has 2 aromatic rings. The Balaban J connectivity index is 1.96. The Kier molecular flexibility index (Phi) is 8.32. The van der Waals surface area contributed by atoms with Crippen molar-refractivity contribution in [3.8, 4) is 17.2 Å². The van der Waals surface area contributed by atoms with Crippen molar-refractivity contribution in [2.24, 2.45) is 5.10 Å². The van der Waals surface area contributed by atoms with Gasteiger partial charge in [-0.15, -0.1) is 0 Å². The predicted octanol–water partition coefficient (Wildman–Crippen LogP) is 4.97. The number of hydrogen-bond acceptors (Lipinski definition) is 5. The van der Waals surface area contributed by atoms with Crippen LogP contribution in [-0.4, -0.2) is 30.4 Å². The van der Waals surface area contributed by atoms with Gasteiger partial charge in [0, 0.05) is 4.47 Å². The summed E-state index contributed by atoms with van der Waals surface area (Å²) < 4.78 is 12.4. The highest BCUT2D eigenvalue weighted by atomic mass is 79.9. The number of carbonyl (C=O) groups excluding carboxylic acids is 1. The van der Waals surface area contributed by atoms with Crippen LogP contribution in [0.1, 0.15) is 37.8 Å². The third-order valence-electron chi connectivity index (χ3n) is 3.71. The van der Waals surface area contributed by atoms with Crippen molar-refractivity contribution in [3.05, 3.63) is 50.4 Å². The molecular formula is C20H22Br2N2O4. The third kappa shape index (κ3) is 6.24. The zero-order valence-electron chi connectivity index (χ0n) is 15.8. The van der Waals surface area contributed by atoms with E-state index in [0.717, 1.165) is 10.0 Å². The van der Waals surface area contributed by atoms with E-state index in [0.29, 0.717) is 28.1 Å². The fourth-order valence-electron chi connectivity index (χ4n) is 2.39. The molecule has 0 saturated heterocycles. The van der Waals surface area contributed by atoms with E-state index in [2.05, 4.69) is 56.2 Å². The van der Waals surface area contributed by atoms with Gasteiger partial charge in [-0.25, -0.2) is 5.43 Å². The zero-order valence-corrected chi connectivity index (χ0v) is 19.0. The van der Waals surface area contributed by atoms with Crippen LogP contribution >= 0.6 is 31.9 Å². The van der Waals surface area contributed by atoms with Gasteiger partial charge in [0.2, 0.25) is 0 Å². The maximum atomic E-state index is 12.0. The minimum absolute atomic E-state index is 0.0203. The molecule has 0 fully saturated rings. The first-order valence-electron chi connectivity index (χ1n) is 8.71. The molecule has 0 unspecified atom stereocenters. The number of phenols is 1. The van der Waals surface area contributed by atoms with E-state index >= 15 is 0 Å². The molecule has 0 bridgehead atoms. The van der Waals surface area contributed by atoms with Crippen LogP contribution in [0.4, 0.5) is 0 Å². The Morgan fingerprint density at radius 3 is 2.64 bits per heavy atom. The fraction of sp³-hybridized carbons (Fsp3) is 0.300. The number of hydrogen-bond donors (Lipinski definition) is 2. The highest BCUT2D eigenvalue weighted by Gasteiger charge is 2.11. The molecule has 0 radical (unpaired) electrons. The number of hydrazone groups is 1. The minimum atomic E-state index is -0.378. The summed E-state index contributed by atoms with van der Waals surface area (Å²) >= 11 is 6.70. The highest BCUT2D eigenvalue weighted by Crippen LogP contribution is 2.35. The number of carbonyl (C=O) groups is 1. The van der Waals surface area contributed by atoms with Crippen LogP contribution in [0.15, 0.2) is 44.4 Å². The molecule has 28 heavy (non-hydrogen) atoms. The van der Waals surface area contributed by atoms with Crippen molar-refractivity contribution in [1.29, 1.82) is 0 Å². The summed E-state index contributed by atoms with van der Waals surface area (Å²) in [5, 5.41) is 13.8. The molecule has 1 amide bonds. The van der Waals surface area contributed by atoms with Crippen LogP contribution in [0, 0.1) is 0 Å². The van der Waals surface area contributed by atoms with E-state index in [4.69, 9.17) is 9.47 Å². The first kappa shape index (κ1) is 22.2. The van der Waals surface area contributed by atoms with Gasteiger partial charge in [0.1, 0.15) is 5.75 Å². The number of nitrogens with zero attached hydrogens (tertiary/aromatic N) is 1. The van der Waals surface area contributed by atoms with Crippen molar-refractivity contribution in [3.63, 3.8) is 0 Å². The van der Waals surface area contributed by atoms with Gasteiger partial charge in [-0.05, 0) is 70.2 Å². The smallest absolute Gasteiger partial charge is 0.277 e. The Labute approximate surface area is 181 Å². The van der Waals surface area contributed by atoms with Gasteiger partial charge >= 0.3 is 0 Å². The lowest BCUT2D eigenvalue weighted by Crippen LogP contribution is -2.24. The van der Waals surface area contributed by atoms with Crippen LogP contribution in [0.2, 0.25) is 0 Å². The summed E-state index contributed by atoms with van der Waals surface area (Å²) in [5.74, 6) is 0.912. The lowest BCUT2D eigenvalue weighted by atomic mass is 10.0. The van der Waals surface area contributed by atoms with Gasteiger partial charge in [-0.3, -0.25) is 4.79 Å². The molecule has 0 atom stereocenters. The quantitative estimate of drug-likeness (QED) is 0.386. The van der Waals surface area contributed by atoms with E-state index < -0.39 is 0 Å². The molecule has 2 rings (SSSR count). The topological polar surface area (TPSA) is 80.2 Å². The standard InChI is InChI=1S/C20H22Br2N2O4/c1-4-27-18-8-13(7-16(22)20(18)26)10-23-24-19(25)11-28-17-6-5-14(21)9-15(17)12(2)3/h5-10,12,26H,4,11H2,1-3H3,(H,24,25)/b23-10+. The van der Waals surface area contributed by atoms with Crippen LogP contribution < -0.4 is 14.9 Å². The van der Waals surface area contributed by atoms with Gasteiger partial charge in [0.05, 0.1) is 17.3 Å². The number of halogens is 2. The number of phenolic OH excluding ortho intramolecular Hbond substituents is 1. The van der Waals surface area contributed by atoms with Crippen LogP contribution in [0.3, 0.4) is 0 Å². The number of benzene rings is 2. The molecule has 2 N–H and O–H groups in total. The second-order valence-electron chi connectivity index (χ2n) is 6.20. The number of aromatic hydroxyl groups is 1. The summed E-state index contributed by atoms with van der Waals surface area (Å²) in [6.45, 7) is 6.21. The van der Waals surface area contributed by atoms with Gasteiger partial charge in [0.25, 0.3) is 5.91 Å². The maximum Gasteiger partial charge on any atom is 0.277 e. The molecular weight excluding hydrogens is 492 g/mol. The van der Waals surface area contributed by atoms with Crippen molar-refractivity contribution in [1.82, 2.24) is 5.43 Å².